The number of alkyl halides is 2. The minimum atomic E-state index is -2.63. The summed E-state index contributed by atoms with van der Waals surface area (Å²) in [5.74, 6) is -4.74. The lowest BCUT2D eigenvalue weighted by Gasteiger charge is -2.42. The first kappa shape index (κ1) is 23.3. The zero-order valence-corrected chi connectivity index (χ0v) is 18.4. The first-order chi connectivity index (χ1) is 14.4. The van der Waals surface area contributed by atoms with Crippen molar-refractivity contribution < 1.29 is 17.6 Å². The van der Waals surface area contributed by atoms with E-state index in [0.717, 1.165) is 25.7 Å². The maximum absolute atomic E-state index is 14.9. The van der Waals surface area contributed by atoms with Crippen LogP contribution in [0.3, 0.4) is 0 Å². The highest BCUT2D eigenvalue weighted by Crippen LogP contribution is 2.50. The molecule has 0 spiro atoms. The van der Waals surface area contributed by atoms with Crippen molar-refractivity contribution in [1.29, 1.82) is 0 Å². The van der Waals surface area contributed by atoms with Crippen LogP contribution in [-0.4, -0.2) is 5.92 Å². The second-order valence-corrected chi connectivity index (χ2v) is 9.43. The summed E-state index contributed by atoms with van der Waals surface area (Å²) in [5, 5.41) is 0. The quantitative estimate of drug-likeness (QED) is 0.304. The maximum atomic E-state index is 14.9. The second-order valence-electron chi connectivity index (χ2n) is 9.43. The molecule has 3 rings (SSSR count). The van der Waals surface area contributed by atoms with E-state index < -0.39 is 23.5 Å². The van der Waals surface area contributed by atoms with E-state index in [1.807, 2.05) is 19.1 Å². The van der Waals surface area contributed by atoms with Crippen LogP contribution in [0.1, 0.15) is 95.1 Å². The highest BCUT2D eigenvalue weighted by molar-refractivity contribution is 5.29. The first-order valence-electron chi connectivity index (χ1n) is 11.9. The number of hydrogen-bond donors (Lipinski definition) is 0. The molecule has 0 amide bonds. The summed E-state index contributed by atoms with van der Waals surface area (Å²) in [6.45, 7) is 4.03. The molecule has 2 aliphatic carbocycles. The van der Waals surface area contributed by atoms with Crippen molar-refractivity contribution >= 4 is 0 Å². The predicted octanol–water partition coefficient (Wildman–Crippen LogP) is 8.60. The zero-order valence-electron chi connectivity index (χ0n) is 18.4. The molecule has 1 aromatic carbocycles. The van der Waals surface area contributed by atoms with Crippen molar-refractivity contribution in [3.8, 4) is 0 Å². The van der Waals surface area contributed by atoms with Crippen LogP contribution in [0.5, 0.6) is 0 Å². The van der Waals surface area contributed by atoms with Crippen LogP contribution in [0.25, 0.3) is 0 Å². The molecule has 0 bridgehead atoms. The third-order valence-corrected chi connectivity index (χ3v) is 7.28. The smallest absolute Gasteiger partial charge is 0.207 e. The standard InChI is InChI=1S/C26H36F4/c1-3-5-6-8-18-9-16-23(26(29,30)17-18)20-12-10-19(11-13-20)22-15-14-21(7-4-2)24(27)25(22)28/h6,8,14-15,18-20,23H,3-5,7,9-13,16-17H2,1-2H3/b8-6+. The molecule has 0 aromatic heterocycles. The second kappa shape index (κ2) is 10.3. The molecule has 2 aliphatic rings. The Bertz CT molecular complexity index is 716. The van der Waals surface area contributed by atoms with Crippen molar-refractivity contribution in [2.75, 3.05) is 0 Å². The Balaban J connectivity index is 1.60. The number of halogens is 4. The Morgan fingerprint density at radius 2 is 1.67 bits per heavy atom. The van der Waals surface area contributed by atoms with Gasteiger partial charge in [0.05, 0.1) is 0 Å². The van der Waals surface area contributed by atoms with Crippen LogP contribution in [0.2, 0.25) is 0 Å². The number of rotatable bonds is 7. The van der Waals surface area contributed by atoms with Gasteiger partial charge in [0.25, 0.3) is 5.92 Å². The highest BCUT2D eigenvalue weighted by atomic mass is 19.3. The molecular formula is C26H36F4. The lowest BCUT2D eigenvalue weighted by atomic mass is 9.66. The molecule has 0 nitrogen and oxygen atoms in total. The van der Waals surface area contributed by atoms with Gasteiger partial charge in [0, 0.05) is 12.3 Å². The van der Waals surface area contributed by atoms with Gasteiger partial charge in [-0.25, -0.2) is 17.6 Å². The van der Waals surface area contributed by atoms with Gasteiger partial charge in [0.2, 0.25) is 0 Å². The van der Waals surface area contributed by atoms with Crippen molar-refractivity contribution in [2.24, 2.45) is 17.8 Å². The topological polar surface area (TPSA) is 0 Å². The van der Waals surface area contributed by atoms with Crippen LogP contribution >= 0.6 is 0 Å². The van der Waals surface area contributed by atoms with Crippen LogP contribution in [0, 0.1) is 29.4 Å². The number of aryl methyl sites for hydroxylation is 1. The Hall–Kier alpha value is -1.32. The predicted molar refractivity (Wildman–Crippen MR) is 115 cm³/mol. The normalized spacial score (nSPS) is 29.4. The van der Waals surface area contributed by atoms with E-state index >= 15 is 0 Å². The van der Waals surface area contributed by atoms with Gasteiger partial charge in [0.1, 0.15) is 0 Å². The number of allylic oxidation sites excluding steroid dienone is 2. The molecule has 0 N–H and O–H groups in total. The van der Waals surface area contributed by atoms with Crippen LogP contribution in [0.4, 0.5) is 17.6 Å². The van der Waals surface area contributed by atoms with Crippen molar-refractivity contribution in [2.45, 2.75) is 96.3 Å². The van der Waals surface area contributed by atoms with Crippen LogP contribution < -0.4 is 0 Å². The molecule has 0 heterocycles. The van der Waals surface area contributed by atoms with Gasteiger partial charge < -0.3 is 0 Å². The minimum absolute atomic E-state index is 0.0101. The molecule has 2 fully saturated rings. The van der Waals surface area contributed by atoms with Crippen molar-refractivity contribution in [3.05, 3.63) is 47.0 Å². The molecule has 30 heavy (non-hydrogen) atoms. The van der Waals surface area contributed by atoms with Gasteiger partial charge >= 0.3 is 0 Å². The average molecular weight is 425 g/mol. The molecule has 2 saturated carbocycles. The molecule has 1 aromatic rings. The monoisotopic (exact) mass is 424 g/mol. The zero-order chi connectivity index (χ0) is 21.7. The third kappa shape index (κ3) is 5.29. The van der Waals surface area contributed by atoms with Crippen LogP contribution in [-0.2, 0) is 6.42 Å². The highest BCUT2D eigenvalue weighted by Gasteiger charge is 2.48. The Morgan fingerprint density at radius 3 is 2.30 bits per heavy atom. The minimum Gasteiger partial charge on any atom is -0.207 e. The van der Waals surface area contributed by atoms with Gasteiger partial charge in [-0.3, -0.25) is 0 Å². The van der Waals surface area contributed by atoms with Crippen LogP contribution in [0.15, 0.2) is 24.3 Å². The van der Waals surface area contributed by atoms with E-state index in [4.69, 9.17) is 0 Å². The van der Waals surface area contributed by atoms with Gasteiger partial charge in [-0.05, 0) is 80.2 Å². The molecule has 4 heteroatoms. The summed E-state index contributed by atoms with van der Waals surface area (Å²) in [5.41, 5.74) is 0.860. The number of benzene rings is 1. The molecule has 168 valence electrons. The van der Waals surface area contributed by atoms with Gasteiger partial charge in [-0.15, -0.1) is 0 Å². The van der Waals surface area contributed by atoms with Crippen molar-refractivity contribution in [1.82, 2.24) is 0 Å². The lowest BCUT2D eigenvalue weighted by Crippen LogP contribution is -2.40. The Kier molecular flexibility index (Phi) is 8.04. The molecule has 2 atom stereocenters. The molecule has 0 saturated heterocycles. The van der Waals surface area contributed by atoms with Gasteiger partial charge in [0.15, 0.2) is 11.6 Å². The van der Waals surface area contributed by atoms with E-state index in [1.165, 1.54) is 0 Å². The van der Waals surface area contributed by atoms with E-state index in [-0.39, 0.29) is 24.2 Å². The summed E-state index contributed by atoms with van der Waals surface area (Å²) in [7, 11) is 0. The fourth-order valence-corrected chi connectivity index (χ4v) is 5.62. The Labute approximate surface area is 179 Å². The Morgan fingerprint density at radius 1 is 0.933 bits per heavy atom. The summed E-state index contributed by atoms with van der Waals surface area (Å²) < 4.78 is 58.8. The molecule has 0 radical (unpaired) electrons. The number of hydrogen-bond acceptors (Lipinski definition) is 0. The first-order valence-corrected chi connectivity index (χ1v) is 11.9. The average Bonchev–Trinajstić information content (AvgIpc) is 2.72. The molecular weight excluding hydrogens is 388 g/mol. The van der Waals surface area contributed by atoms with Gasteiger partial charge in [-0.2, -0.15) is 0 Å². The summed E-state index contributed by atoms with van der Waals surface area (Å²) in [6, 6.07) is 3.42. The largest absolute Gasteiger partial charge is 0.251 e. The maximum Gasteiger partial charge on any atom is 0.251 e. The molecule has 0 aliphatic heterocycles. The van der Waals surface area contributed by atoms with Crippen molar-refractivity contribution in [3.63, 3.8) is 0 Å². The summed E-state index contributed by atoms with van der Waals surface area (Å²) in [4.78, 5) is 0. The third-order valence-electron chi connectivity index (χ3n) is 7.28. The van der Waals surface area contributed by atoms with E-state index in [9.17, 15) is 17.6 Å². The van der Waals surface area contributed by atoms with E-state index in [1.54, 1.807) is 12.1 Å². The van der Waals surface area contributed by atoms with Gasteiger partial charge in [-0.1, -0.05) is 51.0 Å². The fourth-order valence-electron chi connectivity index (χ4n) is 5.62. The molecule has 2 unspecified atom stereocenters. The fraction of sp³-hybridized carbons (Fsp3) is 0.692. The number of unbranched alkanes of at least 4 members (excludes halogenated alkanes) is 1. The summed E-state index contributed by atoms with van der Waals surface area (Å²) >= 11 is 0. The SMILES string of the molecule is CCC/C=C/C1CCC(C2CCC(c3ccc(CCC)c(F)c3F)CC2)C(F)(F)C1. The lowest BCUT2D eigenvalue weighted by molar-refractivity contribution is -0.121. The summed E-state index contributed by atoms with van der Waals surface area (Å²) in [6.07, 6.45) is 11.4. The van der Waals surface area contributed by atoms with E-state index in [2.05, 4.69) is 6.92 Å². The van der Waals surface area contributed by atoms with E-state index in [0.29, 0.717) is 49.7 Å².